The molecule has 0 spiro atoms. The van der Waals surface area contributed by atoms with Gasteiger partial charge in [-0.3, -0.25) is 0 Å². The van der Waals surface area contributed by atoms with Crippen molar-refractivity contribution in [3.8, 4) is 0 Å². The van der Waals surface area contributed by atoms with E-state index in [0.717, 1.165) is 32.5 Å². The monoisotopic (exact) mass is 220 g/mol. The van der Waals surface area contributed by atoms with Gasteiger partial charge < -0.3 is 16.4 Å². The zero-order chi connectivity index (χ0) is 11.2. The Hall–Kier alpha value is 0.257. The molecular weight excluding hydrogens is 195 g/mol. The quantitative estimate of drug-likeness (QED) is 0.168. The summed E-state index contributed by atoms with van der Waals surface area (Å²) in [7, 11) is 0. The van der Waals surface area contributed by atoms with Gasteiger partial charge in [0.25, 0.3) is 0 Å². The van der Waals surface area contributed by atoms with Gasteiger partial charge in [0.2, 0.25) is 0 Å². The van der Waals surface area contributed by atoms with E-state index in [0.29, 0.717) is 6.79 Å². The Balaban J connectivity index is 0. The fraction of sp³-hybridized carbons (Fsp3) is 0.769. The van der Waals surface area contributed by atoms with Gasteiger partial charge >= 0.3 is 18.9 Å². The molecule has 0 radical (unpaired) electrons. The van der Waals surface area contributed by atoms with E-state index < -0.39 is 0 Å². The van der Waals surface area contributed by atoms with Crippen molar-refractivity contribution in [1.29, 1.82) is 0 Å². The van der Waals surface area contributed by atoms with Gasteiger partial charge in [0.15, 0.2) is 0 Å². The predicted octanol–water partition coefficient (Wildman–Crippen LogP) is 0.732. The van der Waals surface area contributed by atoms with Crippen molar-refractivity contribution in [2.75, 3.05) is 20.0 Å². The second-order valence-corrected chi connectivity index (χ2v) is 3.54. The topological polar surface area (TPSA) is 18.5 Å². The minimum absolute atomic E-state index is 0. The van der Waals surface area contributed by atoms with Crippen molar-refractivity contribution >= 4 is 0 Å². The smallest absolute Gasteiger partial charge is 0.355 e. The Kier molecular flexibility index (Phi) is 20.5. The zero-order valence-corrected chi connectivity index (χ0v) is 11.0. The molecule has 16 heavy (non-hydrogen) atoms. The summed E-state index contributed by atoms with van der Waals surface area (Å²) in [6.45, 7) is 7.93. The molecule has 0 N–H and O–H groups in total. The van der Waals surface area contributed by atoms with E-state index in [1.54, 1.807) is 0 Å². The van der Waals surface area contributed by atoms with Crippen LogP contribution in [0.2, 0.25) is 0 Å². The largest absolute Gasteiger partial charge is 1.00 e. The van der Waals surface area contributed by atoms with Crippen LogP contribution in [0, 0.1) is 6.92 Å². The molecule has 0 aliphatic carbocycles. The molecule has 3 heteroatoms. The minimum atomic E-state index is 0. The van der Waals surface area contributed by atoms with Crippen molar-refractivity contribution in [2.24, 2.45) is 0 Å². The molecule has 0 atom stereocenters. The van der Waals surface area contributed by atoms with Crippen molar-refractivity contribution in [3.63, 3.8) is 0 Å². The Morgan fingerprint density at radius 1 is 1.00 bits per heavy atom. The van der Waals surface area contributed by atoms with Crippen LogP contribution in [0.5, 0.6) is 0 Å². The summed E-state index contributed by atoms with van der Waals surface area (Å²) < 4.78 is 10.6. The maximum atomic E-state index is 5.33. The van der Waals surface area contributed by atoms with Gasteiger partial charge in [-0.1, -0.05) is 32.3 Å². The van der Waals surface area contributed by atoms with Gasteiger partial charge in [0, 0.05) is 6.61 Å². The van der Waals surface area contributed by atoms with Crippen LogP contribution in [0.3, 0.4) is 0 Å². The number of hydrogen-bond acceptors (Lipinski definition) is 2. The maximum absolute atomic E-state index is 5.33. The average Bonchev–Trinajstić information content (AvgIpc) is 2.26. The van der Waals surface area contributed by atoms with E-state index in [4.69, 9.17) is 9.47 Å². The molecule has 0 heterocycles. The Morgan fingerprint density at radius 3 is 2.44 bits per heavy atom. The molecule has 0 aromatic heterocycles. The molecule has 0 saturated carbocycles. The second kappa shape index (κ2) is 17.6. The van der Waals surface area contributed by atoms with E-state index in [2.05, 4.69) is 26.0 Å². The molecule has 0 unspecified atom stereocenters. The number of hydrogen-bond donors (Lipinski definition) is 0. The molecule has 0 saturated heterocycles. The molecule has 0 aliphatic rings. The fourth-order valence-electron chi connectivity index (χ4n) is 1.19. The van der Waals surface area contributed by atoms with Crippen LogP contribution in [0.4, 0.5) is 0 Å². The number of unbranched alkanes of at least 4 members (excludes halogenated alkanes) is 3. The number of ether oxygens (including phenoxy) is 2. The van der Waals surface area contributed by atoms with E-state index in [1.807, 2.05) is 0 Å². The van der Waals surface area contributed by atoms with Gasteiger partial charge in [-0.25, -0.2) is 0 Å². The fourth-order valence-corrected chi connectivity index (χ4v) is 1.19. The molecule has 0 bridgehead atoms. The molecule has 0 aromatic carbocycles. The van der Waals surface area contributed by atoms with Gasteiger partial charge in [0.1, 0.15) is 6.79 Å². The number of allylic oxidation sites excluding steroid dienone is 1. The summed E-state index contributed by atoms with van der Waals surface area (Å²) in [6.07, 6.45) is 10.9. The van der Waals surface area contributed by atoms with Crippen LogP contribution in [0.15, 0.2) is 12.2 Å². The van der Waals surface area contributed by atoms with Gasteiger partial charge in [-0.15, -0.1) is 6.08 Å². The minimum Gasteiger partial charge on any atom is -0.355 e. The third kappa shape index (κ3) is 16.7. The molecule has 0 rings (SSSR count). The Labute approximate surface area is 113 Å². The van der Waals surface area contributed by atoms with Crippen molar-refractivity contribution < 1.29 is 28.3 Å². The Morgan fingerprint density at radius 2 is 1.75 bits per heavy atom. The van der Waals surface area contributed by atoms with Crippen LogP contribution in [0.25, 0.3) is 0 Å². The molecule has 0 amide bonds. The number of rotatable bonds is 11. The average molecular weight is 220 g/mol. The predicted molar refractivity (Wildman–Crippen MR) is 64.6 cm³/mol. The summed E-state index contributed by atoms with van der Waals surface area (Å²) in [5, 5.41) is 0. The van der Waals surface area contributed by atoms with E-state index in [9.17, 15) is 0 Å². The maximum Gasteiger partial charge on any atom is 1.00 e. The third-order valence-corrected chi connectivity index (χ3v) is 2.07. The standard InChI is InChI=1S/C13H25O2.Li/c1-3-5-7-9-11-14-13-15-12-10-8-6-4-2;/h5,7H,1,3-4,6,8-13H2,2H3;/q-1;+1/b7-5+;. The van der Waals surface area contributed by atoms with Crippen LogP contribution in [-0.4, -0.2) is 20.0 Å². The van der Waals surface area contributed by atoms with E-state index in [1.165, 1.54) is 19.3 Å². The summed E-state index contributed by atoms with van der Waals surface area (Å²) in [5.41, 5.74) is 0. The first-order chi connectivity index (χ1) is 7.41. The normalized spacial score (nSPS) is 10.6. The molecule has 0 aromatic rings. The van der Waals surface area contributed by atoms with Crippen LogP contribution >= 0.6 is 0 Å². The van der Waals surface area contributed by atoms with E-state index >= 15 is 0 Å². The SMILES string of the molecule is [CH2-]C/C=C/CCOCOCCCCCC.[Li+]. The van der Waals surface area contributed by atoms with Crippen molar-refractivity contribution in [3.05, 3.63) is 19.1 Å². The van der Waals surface area contributed by atoms with Gasteiger partial charge in [-0.05, 0) is 12.8 Å². The molecule has 2 nitrogen and oxygen atoms in total. The van der Waals surface area contributed by atoms with Crippen LogP contribution in [-0.2, 0) is 9.47 Å². The summed E-state index contributed by atoms with van der Waals surface area (Å²) in [6, 6.07) is 0. The molecular formula is C13H25LiO2. The first-order valence-electron chi connectivity index (χ1n) is 6.01. The molecule has 0 aliphatic heterocycles. The zero-order valence-electron chi connectivity index (χ0n) is 11.0. The van der Waals surface area contributed by atoms with Crippen molar-refractivity contribution in [1.82, 2.24) is 0 Å². The van der Waals surface area contributed by atoms with E-state index in [-0.39, 0.29) is 18.9 Å². The Bertz CT molecular complexity index is 138. The summed E-state index contributed by atoms with van der Waals surface area (Å²) in [5.74, 6) is 0. The van der Waals surface area contributed by atoms with Crippen LogP contribution < -0.4 is 18.9 Å². The summed E-state index contributed by atoms with van der Waals surface area (Å²) in [4.78, 5) is 0. The second-order valence-electron chi connectivity index (χ2n) is 3.54. The van der Waals surface area contributed by atoms with Gasteiger partial charge in [-0.2, -0.15) is 6.42 Å². The first-order valence-corrected chi connectivity index (χ1v) is 6.01. The van der Waals surface area contributed by atoms with Gasteiger partial charge in [0.05, 0.1) is 6.61 Å². The third-order valence-electron chi connectivity index (χ3n) is 2.07. The summed E-state index contributed by atoms with van der Waals surface area (Å²) >= 11 is 0. The molecule has 90 valence electrons. The van der Waals surface area contributed by atoms with Crippen molar-refractivity contribution in [2.45, 2.75) is 45.4 Å². The first kappa shape index (κ1) is 18.6. The molecule has 0 fully saturated rings. The van der Waals surface area contributed by atoms with Crippen LogP contribution in [0.1, 0.15) is 45.4 Å².